The summed E-state index contributed by atoms with van der Waals surface area (Å²) < 4.78 is 0. The largest absolute Gasteiger partial charge is 0.352 e. The van der Waals surface area contributed by atoms with E-state index >= 15 is 0 Å². The Kier molecular flexibility index (Phi) is 7.58. The minimum absolute atomic E-state index is 0.00576. The van der Waals surface area contributed by atoms with Gasteiger partial charge in [0.1, 0.15) is 6.54 Å². The van der Waals surface area contributed by atoms with E-state index in [0.29, 0.717) is 30.1 Å². The van der Waals surface area contributed by atoms with Gasteiger partial charge in [-0.15, -0.1) is 11.8 Å². The molecular weight excluding hydrogens is 386 g/mol. The van der Waals surface area contributed by atoms with E-state index in [1.54, 1.807) is 11.0 Å². The van der Waals surface area contributed by atoms with Crippen LogP contribution in [0.5, 0.6) is 0 Å². The molecule has 0 aromatic heterocycles. The molecule has 1 aromatic rings. The summed E-state index contributed by atoms with van der Waals surface area (Å²) in [6, 6.07) is 5.67. The van der Waals surface area contributed by atoms with E-state index in [0.717, 1.165) is 30.6 Å². The van der Waals surface area contributed by atoms with Crippen molar-refractivity contribution >= 4 is 35.2 Å². The summed E-state index contributed by atoms with van der Waals surface area (Å²) in [5.74, 6) is 0.0470. The first-order chi connectivity index (χ1) is 14.0. The number of rotatable bonds is 6. The number of hydrogen-bond donors (Lipinski definition) is 1. The Morgan fingerprint density at radius 1 is 1.14 bits per heavy atom. The Morgan fingerprint density at radius 2 is 1.83 bits per heavy atom. The number of carbonyl (C=O) groups excluding carboxylic acids is 3. The maximum Gasteiger partial charge on any atom is 0.253 e. The molecule has 29 heavy (non-hydrogen) atoms. The summed E-state index contributed by atoms with van der Waals surface area (Å²) in [5.41, 5.74) is 1.22. The van der Waals surface area contributed by atoms with Crippen molar-refractivity contribution in [3.05, 3.63) is 23.8 Å². The molecule has 2 aliphatic rings. The summed E-state index contributed by atoms with van der Waals surface area (Å²) in [7, 11) is 0. The van der Waals surface area contributed by atoms with Crippen LogP contribution in [-0.2, 0) is 9.59 Å². The van der Waals surface area contributed by atoms with Crippen LogP contribution in [0.3, 0.4) is 0 Å². The van der Waals surface area contributed by atoms with E-state index in [-0.39, 0.29) is 30.3 Å². The van der Waals surface area contributed by atoms with Gasteiger partial charge in [0.05, 0.1) is 11.4 Å². The highest BCUT2D eigenvalue weighted by atomic mass is 32.2. The van der Waals surface area contributed by atoms with Crippen LogP contribution in [0.1, 0.15) is 62.7 Å². The molecule has 1 N–H and O–H groups in total. The third-order valence-corrected chi connectivity index (χ3v) is 6.77. The molecular formula is C22H31N3O3S. The average Bonchev–Trinajstić information content (AvgIpc) is 2.99. The number of thioether (sulfide) groups is 1. The normalized spacial score (nSPS) is 17.4. The maximum atomic E-state index is 12.7. The molecule has 0 spiro atoms. The lowest BCUT2D eigenvalue weighted by molar-refractivity contribution is -0.123. The number of benzene rings is 1. The molecule has 7 heteroatoms. The summed E-state index contributed by atoms with van der Waals surface area (Å²) >= 11 is 1.46. The van der Waals surface area contributed by atoms with Crippen LogP contribution in [0.15, 0.2) is 23.1 Å². The second-order valence-corrected chi connectivity index (χ2v) is 8.70. The first-order valence-electron chi connectivity index (χ1n) is 10.7. The second-order valence-electron chi connectivity index (χ2n) is 7.68. The fourth-order valence-electron chi connectivity index (χ4n) is 4.04. The lowest BCUT2D eigenvalue weighted by atomic mass is 10.1. The maximum absolute atomic E-state index is 12.7. The third kappa shape index (κ3) is 5.32. The zero-order valence-corrected chi connectivity index (χ0v) is 18.2. The molecule has 0 bridgehead atoms. The van der Waals surface area contributed by atoms with E-state index in [4.69, 9.17) is 0 Å². The number of nitrogens with one attached hydrogen (secondary N) is 1. The molecule has 1 aliphatic heterocycles. The molecule has 1 heterocycles. The highest BCUT2D eigenvalue weighted by Crippen LogP contribution is 2.36. The summed E-state index contributed by atoms with van der Waals surface area (Å²) in [6.45, 7) is 5.17. The van der Waals surface area contributed by atoms with Crippen molar-refractivity contribution in [3.63, 3.8) is 0 Å². The lowest BCUT2D eigenvalue weighted by Crippen LogP contribution is -2.46. The van der Waals surface area contributed by atoms with E-state index < -0.39 is 0 Å². The van der Waals surface area contributed by atoms with Gasteiger partial charge in [0.15, 0.2) is 0 Å². The van der Waals surface area contributed by atoms with E-state index in [1.165, 1.54) is 29.5 Å². The van der Waals surface area contributed by atoms with Crippen LogP contribution >= 0.6 is 11.8 Å². The molecule has 0 atom stereocenters. The second kappa shape index (κ2) is 10.1. The van der Waals surface area contributed by atoms with Gasteiger partial charge in [-0.25, -0.2) is 0 Å². The lowest BCUT2D eigenvalue weighted by Gasteiger charge is -2.30. The van der Waals surface area contributed by atoms with Crippen LogP contribution in [-0.4, -0.2) is 54.1 Å². The van der Waals surface area contributed by atoms with Crippen molar-refractivity contribution in [2.45, 2.75) is 63.3 Å². The molecule has 0 saturated heterocycles. The monoisotopic (exact) mass is 417 g/mol. The van der Waals surface area contributed by atoms with Crippen LogP contribution in [0.4, 0.5) is 5.69 Å². The van der Waals surface area contributed by atoms with Crippen LogP contribution in [0.2, 0.25) is 0 Å². The standard InChI is InChI=1S/C22H31N3O3S/c1-3-24(4-2)22(28)16-11-12-19-18(13-16)25(21(27)15-29-19)14-20(26)23-17-9-7-5-6-8-10-17/h11-13,17H,3-10,14-15H2,1-2H3,(H,23,26). The van der Waals surface area contributed by atoms with E-state index in [2.05, 4.69) is 5.32 Å². The quantitative estimate of drug-likeness (QED) is 0.720. The number of anilines is 1. The molecule has 0 unspecified atom stereocenters. The summed E-state index contributed by atoms with van der Waals surface area (Å²) in [4.78, 5) is 42.2. The number of fused-ring (bicyclic) bond motifs is 1. The molecule has 3 rings (SSSR count). The SMILES string of the molecule is CCN(CC)C(=O)c1ccc2c(c1)N(CC(=O)NC1CCCCCC1)C(=O)CS2. The summed E-state index contributed by atoms with van der Waals surface area (Å²) in [5, 5.41) is 3.12. The first-order valence-corrected chi connectivity index (χ1v) is 11.7. The minimum atomic E-state index is -0.122. The fraction of sp³-hybridized carbons (Fsp3) is 0.591. The van der Waals surface area contributed by atoms with Crippen molar-refractivity contribution in [3.8, 4) is 0 Å². The van der Waals surface area contributed by atoms with Crippen molar-refractivity contribution in [2.24, 2.45) is 0 Å². The van der Waals surface area contributed by atoms with Gasteiger partial charge in [0.2, 0.25) is 11.8 Å². The van der Waals surface area contributed by atoms with E-state index in [9.17, 15) is 14.4 Å². The molecule has 1 fully saturated rings. The Morgan fingerprint density at radius 3 is 2.48 bits per heavy atom. The predicted octanol–water partition coefficient (Wildman–Crippen LogP) is 3.45. The van der Waals surface area contributed by atoms with Gasteiger partial charge < -0.3 is 15.1 Å². The zero-order valence-electron chi connectivity index (χ0n) is 17.4. The number of hydrogen-bond acceptors (Lipinski definition) is 4. The van der Waals surface area contributed by atoms with Gasteiger partial charge in [-0.3, -0.25) is 14.4 Å². The molecule has 3 amide bonds. The molecule has 1 saturated carbocycles. The number of amides is 3. The third-order valence-electron chi connectivity index (χ3n) is 5.72. The first kappa shape index (κ1) is 21.7. The molecule has 0 radical (unpaired) electrons. The number of nitrogens with zero attached hydrogens (tertiary/aromatic N) is 2. The predicted molar refractivity (Wildman–Crippen MR) is 116 cm³/mol. The minimum Gasteiger partial charge on any atom is -0.352 e. The Labute approximate surface area is 177 Å². The van der Waals surface area contributed by atoms with Crippen LogP contribution in [0, 0.1) is 0 Å². The molecule has 158 valence electrons. The van der Waals surface area contributed by atoms with Gasteiger partial charge in [-0.05, 0) is 44.9 Å². The van der Waals surface area contributed by atoms with E-state index in [1.807, 2.05) is 26.0 Å². The van der Waals surface area contributed by atoms with Crippen molar-refractivity contribution in [1.82, 2.24) is 10.2 Å². The topological polar surface area (TPSA) is 69.7 Å². The Hall–Kier alpha value is -2.02. The van der Waals surface area contributed by atoms with Crippen LogP contribution < -0.4 is 10.2 Å². The molecule has 6 nitrogen and oxygen atoms in total. The van der Waals surface area contributed by atoms with Gasteiger partial charge in [0, 0.05) is 29.6 Å². The van der Waals surface area contributed by atoms with Gasteiger partial charge in [-0.2, -0.15) is 0 Å². The highest BCUT2D eigenvalue weighted by molar-refractivity contribution is 8.00. The van der Waals surface area contributed by atoms with Gasteiger partial charge >= 0.3 is 0 Å². The van der Waals surface area contributed by atoms with Crippen LogP contribution in [0.25, 0.3) is 0 Å². The average molecular weight is 418 g/mol. The van der Waals surface area contributed by atoms with Crippen molar-refractivity contribution in [2.75, 3.05) is 30.3 Å². The zero-order chi connectivity index (χ0) is 20.8. The Balaban J connectivity index is 1.76. The fourth-order valence-corrected chi connectivity index (χ4v) is 4.96. The Bertz CT molecular complexity index is 756. The smallest absolute Gasteiger partial charge is 0.253 e. The van der Waals surface area contributed by atoms with Gasteiger partial charge in [-0.1, -0.05) is 25.7 Å². The summed E-state index contributed by atoms with van der Waals surface area (Å²) in [6.07, 6.45) is 6.76. The van der Waals surface area contributed by atoms with Crippen molar-refractivity contribution in [1.29, 1.82) is 0 Å². The highest BCUT2D eigenvalue weighted by Gasteiger charge is 2.28. The molecule has 1 aromatic carbocycles. The van der Waals surface area contributed by atoms with Crippen molar-refractivity contribution < 1.29 is 14.4 Å². The van der Waals surface area contributed by atoms with Gasteiger partial charge in [0.25, 0.3) is 5.91 Å². The molecule has 1 aliphatic carbocycles. The number of carbonyl (C=O) groups is 3.